The predicted molar refractivity (Wildman–Crippen MR) is 152 cm³/mol. The van der Waals surface area contributed by atoms with Crippen LogP contribution in [0, 0.1) is 10.7 Å². The van der Waals surface area contributed by atoms with Crippen LogP contribution in [-0.4, -0.2) is 32.5 Å². The van der Waals surface area contributed by atoms with Crippen molar-refractivity contribution in [2.45, 2.75) is 6.61 Å². The van der Waals surface area contributed by atoms with E-state index in [0.29, 0.717) is 6.61 Å². The molecule has 1 saturated heterocycles. The number of aliphatic imine (C=N–C) groups is 1. The van der Waals surface area contributed by atoms with Gasteiger partial charge in [-0.1, -0.05) is 12.1 Å². The molecule has 0 atom stereocenters. The highest BCUT2D eigenvalue weighted by Gasteiger charge is 2.11. The number of hydrogen-bond acceptors (Lipinski definition) is 4. The van der Waals surface area contributed by atoms with Crippen molar-refractivity contribution < 1.29 is 9.47 Å². The normalized spacial score (nSPS) is 14.2. The van der Waals surface area contributed by atoms with Gasteiger partial charge >= 0.3 is 0 Å². The zero-order valence-corrected chi connectivity index (χ0v) is 23.2. The molecule has 4 nitrogen and oxygen atoms in total. The summed E-state index contributed by atoms with van der Waals surface area (Å²) in [6.07, 6.45) is 1.91. The molecule has 0 N–H and O–H groups in total. The molecule has 0 saturated carbocycles. The highest BCUT2D eigenvalue weighted by molar-refractivity contribution is 14.1. The van der Waals surface area contributed by atoms with Gasteiger partial charge in [-0.15, -0.1) is 0 Å². The minimum atomic E-state index is 0.561. The van der Waals surface area contributed by atoms with E-state index in [1.807, 2.05) is 6.21 Å². The van der Waals surface area contributed by atoms with Crippen molar-refractivity contribution in [3.05, 3.63) is 82.5 Å². The lowest BCUT2D eigenvalue weighted by Gasteiger charge is -2.28. The lowest BCUT2D eigenvalue weighted by Crippen LogP contribution is -2.36. The minimum absolute atomic E-state index is 0.561. The third kappa shape index (κ3) is 6.55. The molecule has 0 aliphatic carbocycles. The first-order valence-corrected chi connectivity index (χ1v) is 13.2. The first-order chi connectivity index (χ1) is 15.1. The highest BCUT2D eigenvalue weighted by Crippen LogP contribution is 2.30. The van der Waals surface area contributed by atoms with Gasteiger partial charge in [-0.2, -0.15) is 0 Å². The Balaban J connectivity index is 1.41. The second kappa shape index (κ2) is 11.3. The number of benzene rings is 3. The van der Waals surface area contributed by atoms with Crippen molar-refractivity contribution in [3.8, 4) is 5.75 Å². The molecule has 0 bridgehead atoms. The molecule has 0 unspecified atom stereocenters. The molecule has 0 spiro atoms. The monoisotopic (exact) mass is 750 g/mol. The molecule has 3 aromatic rings. The Morgan fingerprint density at radius 1 is 0.903 bits per heavy atom. The molecule has 4 rings (SSSR count). The molecule has 0 radical (unpaired) electrons. The van der Waals surface area contributed by atoms with Gasteiger partial charge in [0.2, 0.25) is 0 Å². The van der Waals surface area contributed by atoms with E-state index in [1.54, 1.807) is 0 Å². The highest BCUT2D eigenvalue weighted by atomic mass is 127. The van der Waals surface area contributed by atoms with Gasteiger partial charge in [-0.3, -0.25) is 4.99 Å². The molecule has 0 aromatic heterocycles. The maximum atomic E-state index is 6.11. The number of anilines is 1. The van der Waals surface area contributed by atoms with Gasteiger partial charge < -0.3 is 14.4 Å². The van der Waals surface area contributed by atoms with Crippen LogP contribution in [0.4, 0.5) is 11.4 Å². The van der Waals surface area contributed by atoms with Crippen LogP contribution in [0.1, 0.15) is 11.1 Å². The Bertz CT molecular complexity index is 1020. The molecule has 0 amide bonds. The lowest BCUT2D eigenvalue weighted by molar-refractivity contribution is 0.122. The smallest absolute Gasteiger partial charge is 0.146 e. The second-order valence-corrected chi connectivity index (χ2v) is 10.7. The topological polar surface area (TPSA) is 34.1 Å². The fourth-order valence-electron chi connectivity index (χ4n) is 3.25. The van der Waals surface area contributed by atoms with Gasteiger partial charge in [-0.25, -0.2) is 0 Å². The fraction of sp³-hybridized carbons (Fsp3) is 0.208. The fourth-order valence-corrected chi connectivity index (χ4v) is 5.74. The van der Waals surface area contributed by atoms with Crippen LogP contribution in [-0.2, 0) is 11.3 Å². The Kier molecular flexibility index (Phi) is 8.46. The average molecular weight is 750 g/mol. The molecule has 3 aromatic carbocycles. The van der Waals surface area contributed by atoms with Gasteiger partial charge in [0, 0.05) is 28.6 Å². The van der Waals surface area contributed by atoms with E-state index in [1.165, 1.54) is 9.26 Å². The molecule has 1 fully saturated rings. The van der Waals surface area contributed by atoms with Crippen LogP contribution in [0.5, 0.6) is 5.75 Å². The van der Waals surface area contributed by atoms with Crippen molar-refractivity contribution in [2.24, 2.45) is 4.99 Å². The number of rotatable bonds is 6. The van der Waals surface area contributed by atoms with Crippen molar-refractivity contribution in [1.29, 1.82) is 0 Å². The quantitative estimate of drug-likeness (QED) is 0.209. The van der Waals surface area contributed by atoms with Crippen LogP contribution >= 0.6 is 67.8 Å². The van der Waals surface area contributed by atoms with Crippen molar-refractivity contribution in [2.75, 3.05) is 31.2 Å². The van der Waals surface area contributed by atoms with Gasteiger partial charge in [0.15, 0.2) is 0 Å². The molecule has 7 heteroatoms. The molecular weight excluding hydrogens is 729 g/mol. The van der Waals surface area contributed by atoms with E-state index < -0.39 is 0 Å². The summed E-state index contributed by atoms with van der Waals surface area (Å²) in [5.41, 5.74) is 4.40. The largest absolute Gasteiger partial charge is 0.487 e. The Morgan fingerprint density at radius 2 is 1.55 bits per heavy atom. The lowest BCUT2D eigenvalue weighted by atomic mass is 10.2. The van der Waals surface area contributed by atoms with E-state index in [2.05, 4.69) is 138 Å². The van der Waals surface area contributed by atoms with Crippen LogP contribution in [0.25, 0.3) is 0 Å². The predicted octanol–water partition coefficient (Wildman–Crippen LogP) is 6.67. The zero-order valence-electron chi connectivity index (χ0n) is 16.7. The molecule has 31 heavy (non-hydrogen) atoms. The van der Waals surface area contributed by atoms with Gasteiger partial charge in [0.1, 0.15) is 12.4 Å². The van der Waals surface area contributed by atoms with E-state index in [4.69, 9.17) is 9.47 Å². The van der Waals surface area contributed by atoms with E-state index in [9.17, 15) is 0 Å². The SMILES string of the molecule is Ic1ccc(COc2c(I)cc(C=Nc3ccc(N4CCOCC4)cc3)cc2I)cc1. The Hall–Kier alpha value is -0.920. The third-order valence-corrected chi connectivity index (χ3v) is 7.23. The summed E-state index contributed by atoms with van der Waals surface area (Å²) in [5, 5.41) is 0. The maximum Gasteiger partial charge on any atom is 0.146 e. The van der Waals surface area contributed by atoms with E-state index in [-0.39, 0.29) is 0 Å². The average Bonchev–Trinajstić information content (AvgIpc) is 2.79. The first kappa shape index (κ1) is 23.2. The Labute approximate surface area is 223 Å². The number of hydrogen-bond donors (Lipinski definition) is 0. The molecule has 1 aliphatic rings. The zero-order chi connectivity index (χ0) is 21.6. The number of nitrogens with zero attached hydrogens (tertiary/aromatic N) is 2. The second-order valence-electron chi connectivity index (χ2n) is 7.10. The Morgan fingerprint density at radius 3 is 2.19 bits per heavy atom. The number of halogens is 3. The van der Waals surface area contributed by atoms with Crippen LogP contribution < -0.4 is 9.64 Å². The molecule has 1 heterocycles. The van der Waals surface area contributed by atoms with E-state index in [0.717, 1.165) is 56.0 Å². The summed E-state index contributed by atoms with van der Waals surface area (Å²) < 4.78 is 14.9. The van der Waals surface area contributed by atoms with Crippen molar-refractivity contribution in [3.63, 3.8) is 0 Å². The number of morpholine rings is 1. The van der Waals surface area contributed by atoms with Crippen LogP contribution in [0.2, 0.25) is 0 Å². The molecule has 1 aliphatic heterocycles. The summed E-state index contributed by atoms with van der Waals surface area (Å²) in [6, 6.07) is 21.0. The van der Waals surface area contributed by atoms with Gasteiger partial charge in [0.25, 0.3) is 0 Å². The minimum Gasteiger partial charge on any atom is -0.487 e. The van der Waals surface area contributed by atoms with Crippen LogP contribution in [0.15, 0.2) is 65.7 Å². The van der Waals surface area contributed by atoms with Crippen molar-refractivity contribution in [1.82, 2.24) is 0 Å². The summed E-state index contributed by atoms with van der Waals surface area (Å²) in [4.78, 5) is 7.00. The third-order valence-electron chi connectivity index (χ3n) is 4.91. The van der Waals surface area contributed by atoms with Gasteiger partial charge in [-0.05, 0) is 127 Å². The summed E-state index contributed by atoms with van der Waals surface area (Å²) >= 11 is 6.98. The standard InChI is InChI=1S/C24H21I3N2O2/c25-19-3-1-17(2-4-19)16-31-24-22(26)13-18(14-23(24)27)15-28-20-5-7-21(8-6-20)29-9-11-30-12-10-29/h1-8,13-15H,9-12,16H2. The summed E-state index contributed by atoms with van der Waals surface area (Å²) in [5.74, 6) is 0.923. The molecule has 160 valence electrons. The summed E-state index contributed by atoms with van der Waals surface area (Å²) in [7, 11) is 0. The van der Waals surface area contributed by atoms with Gasteiger partial charge in [0.05, 0.1) is 26.0 Å². The summed E-state index contributed by atoms with van der Waals surface area (Å²) in [6.45, 7) is 4.03. The first-order valence-electron chi connectivity index (χ1n) is 9.91. The molecular formula is C24H21I3N2O2. The van der Waals surface area contributed by atoms with Crippen LogP contribution in [0.3, 0.4) is 0 Å². The van der Waals surface area contributed by atoms with Crippen molar-refractivity contribution >= 4 is 85.4 Å². The maximum absolute atomic E-state index is 6.11. The number of ether oxygens (including phenoxy) is 2. The van der Waals surface area contributed by atoms with E-state index >= 15 is 0 Å².